The Bertz CT molecular complexity index is 1080. The zero-order valence-electron chi connectivity index (χ0n) is 14.6. The number of aryl methyl sites for hydroxylation is 3. The van der Waals surface area contributed by atoms with E-state index in [4.69, 9.17) is 0 Å². The van der Waals surface area contributed by atoms with Gasteiger partial charge in [-0.2, -0.15) is 5.10 Å². The number of aromatic nitrogens is 3. The van der Waals surface area contributed by atoms with E-state index in [0.29, 0.717) is 5.69 Å². The molecule has 2 aromatic carbocycles. The first-order valence-corrected chi connectivity index (χ1v) is 8.41. The van der Waals surface area contributed by atoms with Crippen LogP contribution in [0, 0.1) is 6.92 Å². The molecule has 0 aliphatic carbocycles. The highest BCUT2D eigenvalue weighted by Crippen LogP contribution is 2.31. The average Bonchev–Trinajstić information content (AvgIpc) is 3.12. The van der Waals surface area contributed by atoms with Crippen LogP contribution in [0.2, 0.25) is 0 Å². The van der Waals surface area contributed by atoms with E-state index in [1.165, 1.54) is 16.4 Å². The van der Waals surface area contributed by atoms with Crippen molar-refractivity contribution in [1.82, 2.24) is 14.3 Å². The van der Waals surface area contributed by atoms with Crippen molar-refractivity contribution in [3.63, 3.8) is 0 Å². The number of hydrogen-bond donors (Lipinski definition) is 1. The highest BCUT2D eigenvalue weighted by atomic mass is 16.1. The predicted octanol–water partition coefficient (Wildman–Crippen LogP) is 4.11. The van der Waals surface area contributed by atoms with Gasteiger partial charge in [-0.15, -0.1) is 0 Å². The molecule has 0 fully saturated rings. The Balaban J connectivity index is 1.76. The van der Waals surface area contributed by atoms with Crippen LogP contribution >= 0.6 is 0 Å². The van der Waals surface area contributed by atoms with Gasteiger partial charge in [0.1, 0.15) is 0 Å². The van der Waals surface area contributed by atoms with Gasteiger partial charge in [0.25, 0.3) is 5.91 Å². The Morgan fingerprint density at radius 3 is 2.56 bits per heavy atom. The van der Waals surface area contributed by atoms with Gasteiger partial charge in [0.05, 0.1) is 0 Å². The summed E-state index contributed by atoms with van der Waals surface area (Å²) in [5.74, 6) is -0.192. The highest BCUT2D eigenvalue weighted by molar-refractivity contribution is 6.10. The first-order valence-electron chi connectivity index (χ1n) is 8.41. The molecule has 126 valence electrons. The molecule has 1 N–H and O–H groups in total. The van der Waals surface area contributed by atoms with E-state index in [-0.39, 0.29) is 5.91 Å². The summed E-state index contributed by atoms with van der Waals surface area (Å²) in [4.78, 5) is 12.4. The highest BCUT2D eigenvalue weighted by Gasteiger charge is 2.13. The number of para-hydroxylation sites is 1. The number of nitrogens with zero attached hydrogens (tertiary/aromatic N) is 3. The molecule has 0 bridgehead atoms. The maximum atomic E-state index is 12.4. The lowest BCUT2D eigenvalue weighted by atomic mass is 10.1. The summed E-state index contributed by atoms with van der Waals surface area (Å²) < 4.78 is 3.99. The molecule has 2 heterocycles. The van der Waals surface area contributed by atoms with E-state index in [1.807, 2.05) is 32.2 Å². The van der Waals surface area contributed by atoms with Gasteiger partial charge in [-0.3, -0.25) is 9.48 Å². The minimum absolute atomic E-state index is 0.192. The Morgan fingerprint density at radius 2 is 1.84 bits per heavy atom. The Kier molecular flexibility index (Phi) is 3.57. The third-order valence-corrected chi connectivity index (χ3v) is 4.69. The van der Waals surface area contributed by atoms with Gasteiger partial charge in [-0.25, -0.2) is 0 Å². The molecule has 4 rings (SSSR count). The molecule has 4 aromatic rings. The molecule has 5 heteroatoms. The molecule has 0 spiro atoms. The minimum atomic E-state index is -0.192. The van der Waals surface area contributed by atoms with Crippen LogP contribution in [0.25, 0.3) is 21.8 Å². The van der Waals surface area contributed by atoms with Gasteiger partial charge in [-0.1, -0.05) is 18.2 Å². The number of anilines is 1. The topological polar surface area (TPSA) is 51.9 Å². The Hall–Kier alpha value is -3.08. The van der Waals surface area contributed by atoms with Crippen molar-refractivity contribution in [2.24, 2.45) is 7.05 Å². The second-order valence-electron chi connectivity index (χ2n) is 6.24. The molecule has 2 aromatic heterocycles. The van der Waals surface area contributed by atoms with E-state index in [0.717, 1.165) is 23.3 Å². The number of carbonyl (C=O) groups excluding carboxylic acids is 1. The van der Waals surface area contributed by atoms with Crippen molar-refractivity contribution < 1.29 is 4.79 Å². The SMILES string of the molecule is CCn1c2ccccc2c2cc(NC(=O)c3cc(C)n(C)n3)ccc21. The van der Waals surface area contributed by atoms with Crippen molar-refractivity contribution in [3.05, 3.63) is 59.9 Å². The van der Waals surface area contributed by atoms with Crippen LogP contribution in [0.5, 0.6) is 0 Å². The number of hydrogen-bond acceptors (Lipinski definition) is 2. The molecular formula is C20H20N4O. The van der Waals surface area contributed by atoms with Gasteiger partial charge in [-0.05, 0) is 44.2 Å². The molecule has 0 atom stereocenters. The van der Waals surface area contributed by atoms with Gasteiger partial charge < -0.3 is 9.88 Å². The van der Waals surface area contributed by atoms with Crippen molar-refractivity contribution in [2.45, 2.75) is 20.4 Å². The third-order valence-electron chi connectivity index (χ3n) is 4.69. The average molecular weight is 332 g/mol. The fraction of sp³-hybridized carbons (Fsp3) is 0.200. The standard InChI is InChI=1S/C20H20N4O/c1-4-24-18-8-6-5-7-15(18)16-12-14(9-10-19(16)24)21-20(25)17-11-13(2)23(3)22-17/h5-12H,4H2,1-3H3,(H,21,25). The number of benzene rings is 2. The van der Waals surface area contributed by atoms with E-state index < -0.39 is 0 Å². The lowest BCUT2D eigenvalue weighted by Gasteiger charge is -2.05. The Morgan fingerprint density at radius 1 is 1.08 bits per heavy atom. The first kappa shape index (κ1) is 15.4. The number of fused-ring (bicyclic) bond motifs is 3. The van der Waals surface area contributed by atoms with Crippen LogP contribution in [0.15, 0.2) is 48.5 Å². The largest absolute Gasteiger partial charge is 0.341 e. The molecule has 0 saturated carbocycles. The molecule has 0 saturated heterocycles. The summed E-state index contributed by atoms with van der Waals surface area (Å²) >= 11 is 0. The predicted molar refractivity (Wildman–Crippen MR) is 101 cm³/mol. The molecule has 0 aliphatic rings. The molecule has 5 nitrogen and oxygen atoms in total. The normalized spacial score (nSPS) is 11.3. The van der Waals surface area contributed by atoms with Crippen molar-refractivity contribution >= 4 is 33.4 Å². The second-order valence-corrected chi connectivity index (χ2v) is 6.24. The summed E-state index contributed by atoms with van der Waals surface area (Å²) in [6.07, 6.45) is 0. The van der Waals surface area contributed by atoms with Crippen LogP contribution in [0.3, 0.4) is 0 Å². The van der Waals surface area contributed by atoms with Gasteiger partial charge >= 0.3 is 0 Å². The molecule has 0 aliphatic heterocycles. The van der Waals surface area contributed by atoms with E-state index in [1.54, 1.807) is 10.7 Å². The third kappa shape index (κ3) is 2.48. The molecule has 0 unspecified atom stereocenters. The number of carbonyl (C=O) groups is 1. The van der Waals surface area contributed by atoms with Crippen molar-refractivity contribution in [3.8, 4) is 0 Å². The first-order chi connectivity index (χ1) is 12.1. The Labute approximate surface area is 145 Å². The molecule has 25 heavy (non-hydrogen) atoms. The van der Waals surface area contributed by atoms with Crippen molar-refractivity contribution in [2.75, 3.05) is 5.32 Å². The summed E-state index contributed by atoms with van der Waals surface area (Å²) in [5, 5.41) is 9.54. The maximum Gasteiger partial charge on any atom is 0.276 e. The van der Waals surface area contributed by atoms with Crippen LogP contribution in [0.4, 0.5) is 5.69 Å². The minimum Gasteiger partial charge on any atom is -0.341 e. The second kappa shape index (κ2) is 5.77. The van der Waals surface area contributed by atoms with Gasteiger partial charge in [0, 0.05) is 46.8 Å². The van der Waals surface area contributed by atoms with E-state index in [2.05, 4.69) is 46.2 Å². The van der Waals surface area contributed by atoms with Gasteiger partial charge in [0.2, 0.25) is 0 Å². The lowest BCUT2D eigenvalue weighted by molar-refractivity contribution is 0.102. The van der Waals surface area contributed by atoms with Crippen LogP contribution in [0.1, 0.15) is 23.1 Å². The summed E-state index contributed by atoms with van der Waals surface area (Å²) in [5.41, 5.74) is 4.54. The summed E-state index contributed by atoms with van der Waals surface area (Å²) in [7, 11) is 1.83. The summed E-state index contributed by atoms with van der Waals surface area (Å²) in [6, 6.07) is 16.2. The number of amides is 1. The number of rotatable bonds is 3. The maximum absolute atomic E-state index is 12.4. The monoisotopic (exact) mass is 332 g/mol. The fourth-order valence-corrected chi connectivity index (χ4v) is 3.34. The quantitative estimate of drug-likeness (QED) is 0.614. The summed E-state index contributed by atoms with van der Waals surface area (Å²) in [6.45, 7) is 4.98. The number of nitrogens with one attached hydrogen (secondary N) is 1. The van der Waals surface area contributed by atoms with E-state index >= 15 is 0 Å². The zero-order chi connectivity index (χ0) is 17.6. The van der Waals surface area contributed by atoms with Crippen LogP contribution < -0.4 is 5.32 Å². The fourth-order valence-electron chi connectivity index (χ4n) is 3.34. The van der Waals surface area contributed by atoms with Crippen molar-refractivity contribution in [1.29, 1.82) is 0 Å². The van der Waals surface area contributed by atoms with Gasteiger partial charge in [0.15, 0.2) is 5.69 Å². The van der Waals surface area contributed by atoms with Crippen LogP contribution in [-0.4, -0.2) is 20.3 Å². The molecular weight excluding hydrogens is 312 g/mol. The van der Waals surface area contributed by atoms with E-state index in [9.17, 15) is 4.79 Å². The zero-order valence-corrected chi connectivity index (χ0v) is 14.6. The smallest absolute Gasteiger partial charge is 0.276 e. The van der Waals surface area contributed by atoms with Crippen LogP contribution in [-0.2, 0) is 13.6 Å². The molecule has 1 amide bonds. The molecule has 0 radical (unpaired) electrons. The lowest BCUT2D eigenvalue weighted by Crippen LogP contribution is -2.12.